The van der Waals surface area contributed by atoms with E-state index in [9.17, 15) is 14.0 Å². The number of anilines is 1. The number of amides is 3. The third-order valence-corrected chi connectivity index (χ3v) is 2.11. The summed E-state index contributed by atoms with van der Waals surface area (Å²) in [7, 11) is 1.52. The van der Waals surface area contributed by atoms with E-state index in [4.69, 9.17) is 0 Å². The molecule has 6 heteroatoms. The second kappa shape index (κ2) is 3.30. The molecular weight excluding hydrogens is 201 g/mol. The second-order valence-electron chi connectivity index (χ2n) is 3.21. The molecule has 0 radical (unpaired) electrons. The molecular formula is C9H8FN3O2. The maximum Gasteiger partial charge on any atom is 0.331 e. The average molecular weight is 209 g/mol. The van der Waals surface area contributed by atoms with Crippen molar-refractivity contribution in [1.29, 1.82) is 0 Å². The summed E-state index contributed by atoms with van der Waals surface area (Å²) < 4.78 is 12.5. The Bertz CT molecular complexity index is 418. The quantitative estimate of drug-likeness (QED) is 0.503. The number of carbonyl (C=O) groups is 2. The summed E-state index contributed by atoms with van der Waals surface area (Å²) in [5.41, 5.74) is 0.288. The van der Waals surface area contributed by atoms with Gasteiger partial charge >= 0.3 is 6.03 Å². The molecule has 5 nitrogen and oxygen atoms in total. The molecule has 2 heterocycles. The Morgan fingerprint density at radius 3 is 2.60 bits per heavy atom. The van der Waals surface area contributed by atoms with Gasteiger partial charge in [0.1, 0.15) is 6.54 Å². The van der Waals surface area contributed by atoms with Crippen LogP contribution in [0.15, 0.2) is 18.3 Å². The Balaban J connectivity index is 2.35. The molecule has 0 spiro atoms. The first kappa shape index (κ1) is 9.57. The van der Waals surface area contributed by atoms with Crippen LogP contribution in [0, 0.1) is 5.95 Å². The second-order valence-corrected chi connectivity index (χ2v) is 3.21. The zero-order valence-electron chi connectivity index (χ0n) is 7.98. The number of carbonyl (C=O) groups excluding carboxylic acids is 2. The Hall–Kier alpha value is -1.98. The van der Waals surface area contributed by atoms with E-state index in [-0.39, 0.29) is 18.1 Å². The number of pyridine rings is 1. The van der Waals surface area contributed by atoms with Gasteiger partial charge < -0.3 is 4.90 Å². The largest absolute Gasteiger partial charge is 0.331 e. The number of nitrogens with zero attached hydrogens (tertiary/aromatic N) is 3. The van der Waals surface area contributed by atoms with Crippen LogP contribution in [0.5, 0.6) is 0 Å². The van der Waals surface area contributed by atoms with E-state index in [0.29, 0.717) is 0 Å². The first-order chi connectivity index (χ1) is 7.09. The van der Waals surface area contributed by atoms with Gasteiger partial charge in [0.15, 0.2) is 0 Å². The number of urea groups is 1. The summed E-state index contributed by atoms with van der Waals surface area (Å²) in [6.07, 6.45) is 1.16. The highest BCUT2D eigenvalue weighted by Crippen LogP contribution is 2.19. The molecule has 1 saturated heterocycles. The molecule has 78 valence electrons. The highest BCUT2D eigenvalue weighted by molar-refractivity contribution is 6.19. The van der Waals surface area contributed by atoms with Gasteiger partial charge in [0.25, 0.3) is 5.91 Å². The van der Waals surface area contributed by atoms with Crippen molar-refractivity contribution >= 4 is 17.6 Å². The first-order valence-electron chi connectivity index (χ1n) is 4.29. The maximum atomic E-state index is 12.5. The fraction of sp³-hybridized carbons (Fsp3) is 0.222. The van der Waals surface area contributed by atoms with Crippen LogP contribution in [0.2, 0.25) is 0 Å². The lowest BCUT2D eigenvalue weighted by Gasteiger charge is -2.12. The van der Waals surface area contributed by atoms with Crippen LogP contribution in [-0.2, 0) is 4.79 Å². The molecule has 1 aliphatic rings. The Morgan fingerprint density at radius 2 is 2.13 bits per heavy atom. The minimum Gasteiger partial charge on any atom is -0.318 e. The number of imide groups is 1. The molecule has 0 bridgehead atoms. The summed E-state index contributed by atoms with van der Waals surface area (Å²) in [4.78, 5) is 28.6. The number of hydrogen-bond acceptors (Lipinski definition) is 3. The van der Waals surface area contributed by atoms with Crippen LogP contribution in [0.4, 0.5) is 14.9 Å². The third kappa shape index (κ3) is 1.54. The van der Waals surface area contributed by atoms with Crippen LogP contribution >= 0.6 is 0 Å². The zero-order valence-corrected chi connectivity index (χ0v) is 7.98. The van der Waals surface area contributed by atoms with Gasteiger partial charge in [-0.3, -0.25) is 4.79 Å². The molecule has 0 aromatic carbocycles. The Morgan fingerprint density at radius 1 is 1.40 bits per heavy atom. The van der Waals surface area contributed by atoms with Gasteiger partial charge in [0.2, 0.25) is 5.95 Å². The predicted octanol–water partition coefficient (Wildman–Crippen LogP) is 0.619. The molecule has 0 N–H and O–H groups in total. The van der Waals surface area contributed by atoms with Gasteiger partial charge in [-0.2, -0.15) is 4.39 Å². The summed E-state index contributed by atoms with van der Waals surface area (Å²) in [6.45, 7) is 0.0379. The van der Waals surface area contributed by atoms with Gasteiger partial charge in [0.05, 0.1) is 11.9 Å². The fourth-order valence-corrected chi connectivity index (χ4v) is 1.37. The van der Waals surface area contributed by atoms with Crippen molar-refractivity contribution in [2.45, 2.75) is 0 Å². The lowest BCUT2D eigenvalue weighted by Crippen LogP contribution is -2.31. The molecule has 1 fully saturated rings. The smallest absolute Gasteiger partial charge is 0.318 e. The molecule has 1 aromatic heterocycles. The van der Waals surface area contributed by atoms with E-state index < -0.39 is 12.0 Å². The SMILES string of the molecule is CN1CC(=O)N(c2ccc(F)nc2)C1=O. The third-order valence-electron chi connectivity index (χ3n) is 2.11. The van der Waals surface area contributed by atoms with Gasteiger partial charge in [-0.05, 0) is 12.1 Å². The van der Waals surface area contributed by atoms with E-state index >= 15 is 0 Å². The molecule has 0 unspecified atom stereocenters. The first-order valence-corrected chi connectivity index (χ1v) is 4.29. The summed E-state index contributed by atoms with van der Waals surface area (Å²) >= 11 is 0. The molecule has 0 atom stereocenters. The molecule has 1 aromatic rings. The van der Waals surface area contributed by atoms with Crippen molar-refractivity contribution in [3.05, 3.63) is 24.3 Å². The van der Waals surface area contributed by atoms with E-state index in [1.54, 1.807) is 0 Å². The highest BCUT2D eigenvalue weighted by Gasteiger charge is 2.34. The topological polar surface area (TPSA) is 53.5 Å². The Labute approximate surface area is 85.1 Å². The van der Waals surface area contributed by atoms with Crippen molar-refractivity contribution in [1.82, 2.24) is 9.88 Å². The lowest BCUT2D eigenvalue weighted by molar-refractivity contribution is -0.116. The van der Waals surface area contributed by atoms with Crippen molar-refractivity contribution in [3.63, 3.8) is 0 Å². The minimum absolute atomic E-state index is 0.0379. The number of halogens is 1. The monoisotopic (exact) mass is 209 g/mol. The molecule has 2 rings (SSSR count). The summed E-state index contributed by atoms with van der Waals surface area (Å²) in [5, 5.41) is 0. The average Bonchev–Trinajstić information content (AvgIpc) is 2.44. The molecule has 0 aliphatic carbocycles. The van der Waals surface area contributed by atoms with Gasteiger partial charge in [-0.1, -0.05) is 0 Å². The van der Waals surface area contributed by atoms with E-state index in [1.165, 1.54) is 18.0 Å². The van der Waals surface area contributed by atoms with Crippen LogP contribution in [-0.4, -0.2) is 35.4 Å². The van der Waals surface area contributed by atoms with Crippen LogP contribution in [0.3, 0.4) is 0 Å². The number of likely N-dealkylation sites (N-methyl/N-ethyl adjacent to an activating group) is 1. The standard InChI is InChI=1S/C9H8FN3O2/c1-12-5-8(14)13(9(12)15)6-2-3-7(10)11-4-6/h2-4H,5H2,1H3. The molecule has 1 aliphatic heterocycles. The predicted molar refractivity (Wildman–Crippen MR) is 49.7 cm³/mol. The molecule has 0 saturated carbocycles. The highest BCUT2D eigenvalue weighted by atomic mass is 19.1. The normalized spacial score (nSPS) is 16.4. The molecule has 15 heavy (non-hydrogen) atoms. The lowest BCUT2D eigenvalue weighted by atomic mass is 10.4. The van der Waals surface area contributed by atoms with Crippen LogP contribution in [0.1, 0.15) is 0 Å². The number of aromatic nitrogens is 1. The van der Waals surface area contributed by atoms with Crippen molar-refractivity contribution in [3.8, 4) is 0 Å². The van der Waals surface area contributed by atoms with Crippen LogP contribution < -0.4 is 4.90 Å². The summed E-state index contributed by atoms with van der Waals surface area (Å²) in [6, 6.07) is 2.03. The molecule has 3 amide bonds. The van der Waals surface area contributed by atoms with E-state index in [2.05, 4.69) is 4.98 Å². The van der Waals surface area contributed by atoms with E-state index in [1.807, 2.05) is 0 Å². The van der Waals surface area contributed by atoms with Crippen LogP contribution in [0.25, 0.3) is 0 Å². The maximum absolute atomic E-state index is 12.5. The van der Waals surface area contributed by atoms with E-state index in [0.717, 1.165) is 17.2 Å². The number of rotatable bonds is 1. The number of hydrogen-bond donors (Lipinski definition) is 0. The van der Waals surface area contributed by atoms with Gasteiger partial charge in [0, 0.05) is 7.05 Å². The van der Waals surface area contributed by atoms with Crippen molar-refractivity contribution in [2.75, 3.05) is 18.5 Å². The minimum atomic E-state index is -0.647. The Kier molecular flexibility index (Phi) is 2.11. The summed E-state index contributed by atoms with van der Waals surface area (Å²) in [5.74, 6) is -0.984. The van der Waals surface area contributed by atoms with Gasteiger partial charge in [-0.25, -0.2) is 14.7 Å². The van der Waals surface area contributed by atoms with Crippen molar-refractivity contribution in [2.24, 2.45) is 0 Å². The van der Waals surface area contributed by atoms with Gasteiger partial charge in [-0.15, -0.1) is 0 Å². The van der Waals surface area contributed by atoms with Crippen molar-refractivity contribution < 1.29 is 14.0 Å². The fourth-order valence-electron chi connectivity index (χ4n) is 1.37. The zero-order chi connectivity index (χ0) is 11.0.